The van der Waals surface area contributed by atoms with Crippen LogP contribution in [-0.2, 0) is 0 Å². The van der Waals surface area contributed by atoms with Crippen molar-refractivity contribution in [3.05, 3.63) is 41.7 Å². The molecule has 2 aliphatic carbocycles. The summed E-state index contributed by atoms with van der Waals surface area (Å²) < 4.78 is 54.5. The fourth-order valence-corrected chi connectivity index (χ4v) is 4.65. The maximum absolute atomic E-state index is 14.0. The minimum absolute atomic E-state index is 0.231. The summed E-state index contributed by atoms with van der Waals surface area (Å²) in [4.78, 5) is 0. The van der Waals surface area contributed by atoms with E-state index in [0.29, 0.717) is 11.8 Å². The molecular formula is C20H24F4O. The summed E-state index contributed by atoms with van der Waals surface area (Å²) in [6.07, 6.45) is 6.28. The van der Waals surface area contributed by atoms with Crippen molar-refractivity contribution < 1.29 is 22.3 Å². The van der Waals surface area contributed by atoms with Crippen molar-refractivity contribution >= 4 is 0 Å². The van der Waals surface area contributed by atoms with Gasteiger partial charge in [-0.05, 0) is 86.8 Å². The molecule has 5 heteroatoms. The molecular weight excluding hydrogens is 332 g/mol. The van der Waals surface area contributed by atoms with Crippen LogP contribution in [0.15, 0.2) is 30.4 Å². The van der Waals surface area contributed by atoms with E-state index in [4.69, 9.17) is 0 Å². The van der Waals surface area contributed by atoms with E-state index in [2.05, 4.69) is 23.8 Å². The molecule has 0 aromatic heterocycles. The van der Waals surface area contributed by atoms with Crippen molar-refractivity contribution in [2.24, 2.45) is 17.8 Å². The predicted molar refractivity (Wildman–Crippen MR) is 88.8 cm³/mol. The maximum Gasteiger partial charge on any atom is 0.573 e. The molecule has 0 radical (unpaired) electrons. The van der Waals surface area contributed by atoms with E-state index in [9.17, 15) is 17.6 Å². The molecule has 2 saturated carbocycles. The first kappa shape index (κ1) is 18.3. The van der Waals surface area contributed by atoms with Gasteiger partial charge in [-0.25, -0.2) is 4.39 Å². The molecule has 2 aliphatic rings. The van der Waals surface area contributed by atoms with Gasteiger partial charge in [0, 0.05) is 0 Å². The van der Waals surface area contributed by atoms with E-state index in [0.717, 1.165) is 36.8 Å². The number of hydrogen-bond donors (Lipinski definition) is 0. The van der Waals surface area contributed by atoms with Crippen LogP contribution in [0.1, 0.15) is 56.9 Å². The van der Waals surface area contributed by atoms with Crippen molar-refractivity contribution in [1.29, 1.82) is 0 Å². The van der Waals surface area contributed by atoms with E-state index < -0.39 is 17.9 Å². The molecule has 2 fully saturated rings. The van der Waals surface area contributed by atoms with Gasteiger partial charge in [-0.1, -0.05) is 18.2 Å². The summed E-state index contributed by atoms with van der Waals surface area (Å²) in [6, 6.07) is 3.91. The van der Waals surface area contributed by atoms with Crippen molar-refractivity contribution in [3.8, 4) is 5.75 Å². The van der Waals surface area contributed by atoms with Gasteiger partial charge < -0.3 is 4.74 Å². The Bertz CT molecular complexity index is 623. The van der Waals surface area contributed by atoms with Crippen LogP contribution in [0, 0.1) is 23.6 Å². The molecule has 4 atom stereocenters. The third-order valence-electron chi connectivity index (χ3n) is 5.77. The number of hydrogen-bond acceptors (Lipinski definition) is 1. The Hall–Kier alpha value is -1.52. The van der Waals surface area contributed by atoms with Gasteiger partial charge in [-0.3, -0.25) is 0 Å². The first-order valence-corrected chi connectivity index (χ1v) is 9.03. The molecule has 0 aliphatic heterocycles. The maximum atomic E-state index is 14.0. The van der Waals surface area contributed by atoms with Crippen LogP contribution in [0.25, 0.3) is 0 Å². The molecule has 0 bridgehead atoms. The second-order valence-corrected chi connectivity index (χ2v) is 7.37. The molecule has 0 spiro atoms. The van der Waals surface area contributed by atoms with Crippen LogP contribution in [0.5, 0.6) is 5.75 Å². The van der Waals surface area contributed by atoms with Crippen molar-refractivity contribution in [1.82, 2.24) is 0 Å². The van der Waals surface area contributed by atoms with Gasteiger partial charge in [0.05, 0.1) is 0 Å². The third-order valence-corrected chi connectivity index (χ3v) is 5.77. The number of rotatable bonds is 3. The smallest absolute Gasteiger partial charge is 0.403 e. The average Bonchev–Trinajstić information content (AvgIpc) is 2.55. The number of allylic oxidation sites excluding steroid dienone is 2. The van der Waals surface area contributed by atoms with Crippen molar-refractivity contribution in [2.45, 2.75) is 57.7 Å². The summed E-state index contributed by atoms with van der Waals surface area (Å²) >= 11 is 0. The van der Waals surface area contributed by atoms with Crippen molar-refractivity contribution in [2.75, 3.05) is 0 Å². The summed E-state index contributed by atoms with van der Waals surface area (Å²) in [7, 11) is 0. The lowest BCUT2D eigenvalue weighted by atomic mass is 9.64. The van der Waals surface area contributed by atoms with Gasteiger partial charge in [-0.15, -0.1) is 13.2 Å². The quantitative estimate of drug-likeness (QED) is 0.438. The number of ether oxygens (including phenoxy) is 1. The fourth-order valence-electron chi connectivity index (χ4n) is 4.65. The highest BCUT2D eigenvalue weighted by Gasteiger charge is 2.36. The standard InChI is InChI=1S/C20H24F4O/c1-2-3-13-4-5-15-11-16(7-6-14(15)10-13)17-8-9-19(18(21)12-17)25-20(22,23)24/h2-3,8-9,12-16H,4-7,10-11H2,1H3. The molecule has 138 valence electrons. The highest BCUT2D eigenvalue weighted by molar-refractivity contribution is 5.32. The average molecular weight is 356 g/mol. The monoisotopic (exact) mass is 356 g/mol. The first-order chi connectivity index (χ1) is 11.9. The Morgan fingerprint density at radius 2 is 1.76 bits per heavy atom. The lowest BCUT2D eigenvalue weighted by Gasteiger charge is -2.41. The number of alkyl halides is 3. The van der Waals surface area contributed by atoms with Crippen LogP contribution in [-0.4, -0.2) is 6.36 Å². The highest BCUT2D eigenvalue weighted by Crippen LogP contribution is 2.48. The Kier molecular flexibility index (Phi) is 5.40. The normalized spacial score (nSPS) is 30.3. The molecule has 1 aromatic carbocycles. The number of benzene rings is 1. The molecule has 0 amide bonds. The van der Waals surface area contributed by atoms with Gasteiger partial charge in [0.1, 0.15) is 0 Å². The summed E-state index contributed by atoms with van der Waals surface area (Å²) in [5, 5.41) is 0. The van der Waals surface area contributed by atoms with Gasteiger partial charge in [0.25, 0.3) is 0 Å². The Balaban J connectivity index is 1.65. The van der Waals surface area contributed by atoms with E-state index in [1.807, 2.05) is 0 Å². The third kappa shape index (κ3) is 4.56. The van der Waals surface area contributed by atoms with Crippen LogP contribution in [0.3, 0.4) is 0 Å². The first-order valence-electron chi connectivity index (χ1n) is 9.03. The van der Waals surface area contributed by atoms with E-state index in [1.54, 1.807) is 6.07 Å². The Morgan fingerprint density at radius 1 is 1.04 bits per heavy atom. The predicted octanol–water partition coefficient (Wildman–Crippen LogP) is 6.60. The lowest BCUT2D eigenvalue weighted by molar-refractivity contribution is -0.275. The number of fused-ring (bicyclic) bond motifs is 1. The number of halogens is 4. The summed E-state index contributed by atoms with van der Waals surface area (Å²) in [6.45, 7) is 2.06. The second-order valence-electron chi connectivity index (χ2n) is 7.37. The van der Waals surface area contributed by atoms with Crippen molar-refractivity contribution in [3.63, 3.8) is 0 Å². The SMILES string of the molecule is CC=CC1CCC2CC(c3ccc(OC(F)(F)F)c(F)c3)CCC2C1. The zero-order valence-corrected chi connectivity index (χ0v) is 14.4. The Labute approximate surface area is 146 Å². The molecule has 0 N–H and O–H groups in total. The highest BCUT2D eigenvalue weighted by atomic mass is 19.4. The molecule has 0 saturated heterocycles. The second kappa shape index (κ2) is 7.38. The molecule has 4 unspecified atom stereocenters. The zero-order valence-electron chi connectivity index (χ0n) is 14.4. The van der Waals surface area contributed by atoms with Crippen LogP contribution in [0.2, 0.25) is 0 Å². The summed E-state index contributed by atoms with van der Waals surface area (Å²) in [5.41, 5.74) is 0.793. The topological polar surface area (TPSA) is 9.23 Å². The zero-order chi connectivity index (χ0) is 18.0. The van der Waals surface area contributed by atoms with Crippen LogP contribution >= 0.6 is 0 Å². The largest absolute Gasteiger partial charge is 0.573 e. The van der Waals surface area contributed by atoms with Crippen LogP contribution < -0.4 is 4.74 Å². The van der Waals surface area contributed by atoms with E-state index in [1.165, 1.54) is 25.3 Å². The molecule has 0 heterocycles. The molecule has 1 aromatic rings. The Morgan fingerprint density at radius 3 is 2.44 bits per heavy atom. The fraction of sp³-hybridized carbons (Fsp3) is 0.600. The van der Waals surface area contributed by atoms with Gasteiger partial charge in [0.2, 0.25) is 0 Å². The molecule has 1 nitrogen and oxygen atoms in total. The molecule has 3 rings (SSSR count). The minimum atomic E-state index is -4.87. The molecule has 25 heavy (non-hydrogen) atoms. The van der Waals surface area contributed by atoms with E-state index >= 15 is 0 Å². The van der Waals surface area contributed by atoms with E-state index in [-0.39, 0.29) is 5.92 Å². The van der Waals surface area contributed by atoms with Gasteiger partial charge >= 0.3 is 6.36 Å². The van der Waals surface area contributed by atoms with Crippen LogP contribution in [0.4, 0.5) is 17.6 Å². The lowest BCUT2D eigenvalue weighted by Crippen LogP contribution is -2.30. The minimum Gasteiger partial charge on any atom is -0.403 e. The summed E-state index contributed by atoms with van der Waals surface area (Å²) in [5.74, 6) is 0.594. The van der Waals surface area contributed by atoms with Gasteiger partial charge in [-0.2, -0.15) is 0 Å². The van der Waals surface area contributed by atoms with Gasteiger partial charge in [0.15, 0.2) is 11.6 Å².